The molecular weight excluding hydrogens is 253 g/mol. The van der Waals surface area contributed by atoms with Gasteiger partial charge in [0.1, 0.15) is 0 Å². The molecule has 1 saturated heterocycles. The molecule has 0 aromatic carbocycles. The van der Waals surface area contributed by atoms with E-state index in [1.54, 1.807) is 0 Å². The van der Waals surface area contributed by atoms with Crippen LogP contribution >= 0.6 is 12.2 Å². The second kappa shape index (κ2) is 5.66. The number of alkyl halides is 3. The van der Waals surface area contributed by atoms with Gasteiger partial charge in [-0.15, -0.1) is 0 Å². The minimum Gasteiger partial charge on any atom is -0.392 e. The lowest BCUT2D eigenvalue weighted by molar-refractivity contribution is -0.150. The maximum Gasteiger partial charge on any atom is 0.389 e. The van der Waals surface area contributed by atoms with Crippen LogP contribution in [0, 0.1) is 0 Å². The van der Waals surface area contributed by atoms with Crippen molar-refractivity contribution in [1.29, 1.82) is 0 Å². The van der Waals surface area contributed by atoms with E-state index in [0.717, 1.165) is 12.8 Å². The number of likely N-dealkylation sites (tertiary alicyclic amines) is 1. The van der Waals surface area contributed by atoms with Crippen LogP contribution in [0.5, 0.6) is 0 Å². The van der Waals surface area contributed by atoms with Crippen LogP contribution in [0.4, 0.5) is 13.2 Å². The van der Waals surface area contributed by atoms with Gasteiger partial charge in [-0.3, -0.25) is 4.79 Å². The van der Waals surface area contributed by atoms with Gasteiger partial charge < -0.3 is 10.6 Å². The van der Waals surface area contributed by atoms with Crippen LogP contribution in [0.15, 0.2) is 0 Å². The number of hydrogen-bond donors (Lipinski definition) is 1. The Balaban J connectivity index is 2.56. The van der Waals surface area contributed by atoms with Crippen molar-refractivity contribution in [2.75, 3.05) is 6.54 Å². The van der Waals surface area contributed by atoms with Crippen molar-refractivity contribution in [3.8, 4) is 0 Å². The number of amides is 1. The summed E-state index contributed by atoms with van der Waals surface area (Å²) in [7, 11) is 0. The van der Waals surface area contributed by atoms with Crippen molar-refractivity contribution >= 4 is 23.1 Å². The summed E-state index contributed by atoms with van der Waals surface area (Å²) in [6.07, 6.45) is -3.59. The second-order valence-corrected chi connectivity index (χ2v) is 4.59. The van der Waals surface area contributed by atoms with E-state index in [1.807, 2.05) is 0 Å². The third-order valence-electron chi connectivity index (χ3n) is 2.77. The highest BCUT2D eigenvalue weighted by atomic mass is 32.1. The molecule has 7 heteroatoms. The Bertz CT molecular complexity index is 306. The van der Waals surface area contributed by atoms with Crippen molar-refractivity contribution in [2.24, 2.45) is 5.73 Å². The molecule has 1 aliphatic heterocycles. The van der Waals surface area contributed by atoms with Crippen molar-refractivity contribution < 1.29 is 18.0 Å². The van der Waals surface area contributed by atoms with E-state index < -0.39 is 24.9 Å². The average molecular weight is 268 g/mol. The summed E-state index contributed by atoms with van der Waals surface area (Å²) >= 11 is 4.83. The molecule has 1 atom stereocenters. The number of nitrogens with zero attached hydrogens (tertiary/aromatic N) is 1. The Hall–Kier alpha value is -0.850. The monoisotopic (exact) mass is 268 g/mol. The molecule has 1 rings (SSSR count). The quantitative estimate of drug-likeness (QED) is 0.796. The highest BCUT2D eigenvalue weighted by Crippen LogP contribution is 2.24. The van der Waals surface area contributed by atoms with Gasteiger partial charge in [0.15, 0.2) is 0 Å². The van der Waals surface area contributed by atoms with Crippen LogP contribution in [-0.2, 0) is 4.79 Å². The Morgan fingerprint density at radius 2 is 2.06 bits per heavy atom. The van der Waals surface area contributed by atoms with Gasteiger partial charge in [-0.05, 0) is 19.3 Å². The van der Waals surface area contributed by atoms with Crippen molar-refractivity contribution in [1.82, 2.24) is 4.90 Å². The van der Waals surface area contributed by atoms with E-state index in [1.165, 1.54) is 4.90 Å². The van der Waals surface area contributed by atoms with Crippen molar-refractivity contribution in [3.63, 3.8) is 0 Å². The molecule has 1 amide bonds. The number of nitrogens with two attached hydrogens (primary N) is 1. The van der Waals surface area contributed by atoms with Gasteiger partial charge in [0.25, 0.3) is 0 Å². The van der Waals surface area contributed by atoms with Gasteiger partial charge >= 0.3 is 6.18 Å². The Labute approximate surface area is 103 Å². The molecule has 1 unspecified atom stereocenters. The Kier molecular flexibility index (Phi) is 4.73. The minimum atomic E-state index is -4.30. The molecule has 1 aliphatic rings. The SMILES string of the molecule is NC(=S)C1CCCCN1C(=O)CCC(F)(F)F. The van der Waals surface area contributed by atoms with Crippen molar-refractivity contribution in [2.45, 2.75) is 44.3 Å². The molecule has 0 saturated carbocycles. The van der Waals surface area contributed by atoms with E-state index in [4.69, 9.17) is 18.0 Å². The standard InChI is InChI=1S/C10H15F3N2OS/c11-10(12,13)5-4-8(16)15-6-2-1-3-7(15)9(14)17/h7H,1-6H2,(H2,14,17). The van der Waals surface area contributed by atoms with Gasteiger partial charge in [-0.25, -0.2) is 0 Å². The summed E-state index contributed by atoms with van der Waals surface area (Å²) in [5, 5.41) is 0. The molecule has 3 nitrogen and oxygen atoms in total. The maximum atomic E-state index is 12.0. The number of halogens is 3. The molecule has 2 N–H and O–H groups in total. The first kappa shape index (κ1) is 14.2. The molecule has 1 heterocycles. The first-order valence-corrected chi connectivity index (χ1v) is 5.87. The molecule has 0 bridgehead atoms. The molecule has 0 aromatic rings. The van der Waals surface area contributed by atoms with Crippen LogP contribution in [0.3, 0.4) is 0 Å². The first-order chi connectivity index (χ1) is 7.81. The third kappa shape index (κ3) is 4.49. The Morgan fingerprint density at radius 1 is 1.41 bits per heavy atom. The van der Waals surface area contributed by atoms with E-state index in [-0.39, 0.29) is 11.0 Å². The summed E-state index contributed by atoms with van der Waals surface area (Å²) in [6, 6.07) is -0.375. The number of rotatable bonds is 3. The fraction of sp³-hybridized carbons (Fsp3) is 0.800. The largest absolute Gasteiger partial charge is 0.392 e. The van der Waals surface area contributed by atoms with Crippen LogP contribution in [0.2, 0.25) is 0 Å². The molecule has 17 heavy (non-hydrogen) atoms. The number of carbonyl (C=O) groups is 1. The van der Waals surface area contributed by atoms with Crippen LogP contribution in [-0.4, -0.2) is 34.6 Å². The summed E-state index contributed by atoms with van der Waals surface area (Å²) in [6.45, 7) is 0.443. The zero-order chi connectivity index (χ0) is 13.1. The summed E-state index contributed by atoms with van der Waals surface area (Å²) in [5.41, 5.74) is 5.49. The highest BCUT2D eigenvalue weighted by Gasteiger charge is 2.32. The average Bonchev–Trinajstić information content (AvgIpc) is 2.25. The van der Waals surface area contributed by atoms with Crippen LogP contribution in [0.1, 0.15) is 32.1 Å². The lowest BCUT2D eigenvalue weighted by atomic mass is 10.0. The summed E-state index contributed by atoms with van der Waals surface area (Å²) < 4.78 is 36.1. The zero-order valence-electron chi connectivity index (χ0n) is 9.29. The molecule has 0 aliphatic carbocycles. The van der Waals surface area contributed by atoms with Gasteiger partial charge in [-0.2, -0.15) is 13.2 Å². The fourth-order valence-corrected chi connectivity index (χ4v) is 2.16. The van der Waals surface area contributed by atoms with Crippen molar-refractivity contribution in [3.05, 3.63) is 0 Å². The van der Waals surface area contributed by atoms with Crippen LogP contribution < -0.4 is 5.73 Å². The molecule has 0 radical (unpaired) electrons. The van der Waals surface area contributed by atoms with Gasteiger partial charge in [0.05, 0.1) is 17.5 Å². The number of carbonyl (C=O) groups excluding carboxylic acids is 1. The number of thiocarbonyl (C=S) groups is 1. The Morgan fingerprint density at radius 3 is 2.59 bits per heavy atom. The smallest absolute Gasteiger partial charge is 0.389 e. The third-order valence-corrected chi connectivity index (χ3v) is 3.05. The van der Waals surface area contributed by atoms with E-state index in [0.29, 0.717) is 13.0 Å². The first-order valence-electron chi connectivity index (χ1n) is 5.47. The molecule has 0 aromatic heterocycles. The van der Waals surface area contributed by atoms with E-state index in [9.17, 15) is 18.0 Å². The maximum absolute atomic E-state index is 12.0. The summed E-state index contributed by atoms with van der Waals surface area (Å²) in [4.78, 5) is 13.2. The lowest BCUT2D eigenvalue weighted by Crippen LogP contribution is -2.49. The molecule has 1 fully saturated rings. The molecular formula is C10H15F3N2OS. The van der Waals surface area contributed by atoms with Gasteiger partial charge in [0, 0.05) is 13.0 Å². The molecule has 0 spiro atoms. The topological polar surface area (TPSA) is 46.3 Å². The number of hydrogen-bond acceptors (Lipinski definition) is 2. The summed E-state index contributed by atoms with van der Waals surface area (Å²) in [5.74, 6) is -0.514. The predicted octanol–water partition coefficient (Wildman–Crippen LogP) is 2.00. The second-order valence-electron chi connectivity index (χ2n) is 4.12. The molecule has 98 valence electrons. The normalized spacial score (nSPS) is 21.4. The number of piperidine rings is 1. The van der Waals surface area contributed by atoms with Gasteiger partial charge in [-0.1, -0.05) is 12.2 Å². The van der Waals surface area contributed by atoms with E-state index in [2.05, 4.69) is 0 Å². The fourth-order valence-electron chi connectivity index (χ4n) is 1.92. The highest BCUT2D eigenvalue weighted by molar-refractivity contribution is 7.80. The van der Waals surface area contributed by atoms with Crippen LogP contribution in [0.25, 0.3) is 0 Å². The van der Waals surface area contributed by atoms with E-state index >= 15 is 0 Å². The van der Waals surface area contributed by atoms with Gasteiger partial charge in [0.2, 0.25) is 5.91 Å². The minimum absolute atomic E-state index is 0.185. The zero-order valence-corrected chi connectivity index (χ0v) is 10.1. The predicted molar refractivity (Wildman–Crippen MR) is 61.4 cm³/mol. The lowest BCUT2D eigenvalue weighted by Gasteiger charge is -2.35.